The van der Waals surface area contributed by atoms with E-state index >= 15 is 0 Å². The molecule has 0 aliphatic heterocycles. The zero-order chi connectivity index (χ0) is 8.41. The smallest absolute Gasteiger partial charge is 0.0298 e. The van der Waals surface area contributed by atoms with Gasteiger partial charge in [-0.3, -0.25) is 4.99 Å². The highest BCUT2D eigenvalue weighted by molar-refractivity contribution is 5.89. The lowest BCUT2D eigenvalue weighted by Crippen LogP contribution is -1.75. The summed E-state index contributed by atoms with van der Waals surface area (Å²) in [5.41, 5.74) is 0.524. The van der Waals surface area contributed by atoms with Gasteiger partial charge in [0, 0.05) is 18.1 Å². The molecule has 0 aromatic rings. The van der Waals surface area contributed by atoms with Crippen molar-refractivity contribution in [1.82, 2.24) is 0 Å². The second-order valence-electron chi connectivity index (χ2n) is 1.41. The fourth-order valence-electron chi connectivity index (χ4n) is 0.241. The van der Waals surface area contributed by atoms with Crippen LogP contribution in [0.5, 0.6) is 0 Å². The molecule has 1 N–H and O–H groups in total. The Morgan fingerprint density at radius 3 is 2.20 bits per heavy atom. The second-order valence-corrected chi connectivity index (χ2v) is 1.41. The number of nitrogens with one attached hydrogen (secondary N) is 1. The van der Waals surface area contributed by atoms with Crippen molar-refractivity contribution >= 4 is 11.9 Å². The summed E-state index contributed by atoms with van der Waals surface area (Å²) >= 11 is 0. The predicted molar refractivity (Wildman–Crippen MR) is 48.1 cm³/mol. The van der Waals surface area contributed by atoms with Crippen LogP contribution in [0.15, 0.2) is 17.3 Å². The third kappa shape index (κ3) is 15.7. The van der Waals surface area contributed by atoms with Crippen molar-refractivity contribution in [2.75, 3.05) is 0 Å². The van der Waals surface area contributed by atoms with Crippen LogP contribution in [-0.2, 0) is 0 Å². The minimum absolute atomic E-state index is 0.524. The monoisotopic (exact) mass is 140 g/mol. The van der Waals surface area contributed by atoms with Crippen LogP contribution in [0.4, 0.5) is 0 Å². The summed E-state index contributed by atoms with van der Waals surface area (Å²) in [5.74, 6) is 0. The molecule has 0 atom stereocenters. The van der Waals surface area contributed by atoms with Crippen molar-refractivity contribution in [3.05, 3.63) is 12.3 Å². The molecular formula is C8H16N2. The SMILES string of the molecule is CC.CC=N/C=C\C(C)=N. The Morgan fingerprint density at radius 2 is 1.90 bits per heavy atom. The fraction of sp³-hybridized carbons (Fsp3) is 0.500. The summed E-state index contributed by atoms with van der Waals surface area (Å²) in [6.07, 6.45) is 4.92. The van der Waals surface area contributed by atoms with Crippen LogP contribution >= 0.6 is 0 Å². The molecule has 0 unspecified atom stereocenters. The van der Waals surface area contributed by atoms with Crippen LogP contribution in [0.25, 0.3) is 0 Å². The molecule has 0 spiro atoms. The summed E-state index contributed by atoms with van der Waals surface area (Å²) in [6.45, 7) is 7.55. The van der Waals surface area contributed by atoms with Crippen LogP contribution in [0.2, 0.25) is 0 Å². The Hall–Kier alpha value is -0.920. The van der Waals surface area contributed by atoms with E-state index in [2.05, 4.69) is 4.99 Å². The van der Waals surface area contributed by atoms with E-state index in [0.29, 0.717) is 5.71 Å². The van der Waals surface area contributed by atoms with Crippen molar-refractivity contribution in [2.45, 2.75) is 27.7 Å². The molecule has 0 fully saturated rings. The van der Waals surface area contributed by atoms with Gasteiger partial charge in [-0.1, -0.05) is 13.8 Å². The molecule has 0 rings (SSSR count). The lowest BCUT2D eigenvalue weighted by molar-refractivity contribution is 1.48. The molecule has 0 saturated heterocycles. The molecular weight excluding hydrogens is 124 g/mol. The van der Waals surface area contributed by atoms with Crippen molar-refractivity contribution in [3.63, 3.8) is 0 Å². The first-order valence-electron chi connectivity index (χ1n) is 3.47. The normalized spacial score (nSPS) is 9.60. The van der Waals surface area contributed by atoms with Gasteiger partial charge < -0.3 is 5.41 Å². The Kier molecular flexibility index (Phi) is 13.0. The highest BCUT2D eigenvalue weighted by Crippen LogP contribution is 1.74. The summed E-state index contributed by atoms with van der Waals surface area (Å²) in [6, 6.07) is 0. The Bertz CT molecular complexity index is 123. The van der Waals surface area contributed by atoms with E-state index in [4.69, 9.17) is 5.41 Å². The van der Waals surface area contributed by atoms with Gasteiger partial charge in [0.1, 0.15) is 0 Å². The van der Waals surface area contributed by atoms with Gasteiger partial charge in [-0.25, -0.2) is 0 Å². The first-order valence-corrected chi connectivity index (χ1v) is 3.47. The molecule has 0 amide bonds. The minimum Gasteiger partial charge on any atom is -0.306 e. The van der Waals surface area contributed by atoms with Crippen LogP contribution in [-0.4, -0.2) is 11.9 Å². The van der Waals surface area contributed by atoms with E-state index in [0.717, 1.165) is 0 Å². The topological polar surface area (TPSA) is 36.2 Å². The molecule has 0 heterocycles. The molecule has 58 valence electrons. The van der Waals surface area contributed by atoms with E-state index in [1.807, 2.05) is 20.8 Å². The summed E-state index contributed by atoms with van der Waals surface area (Å²) in [5, 5.41) is 6.91. The first-order chi connectivity index (χ1) is 4.77. The van der Waals surface area contributed by atoms with Gasteiger partial charge in [-0.15, -0.1) is 0 Å². The number of hydrogen-bond donors (Lipinski definition) is 1. The molecule has 0 aromatic carbocycles. The number of hydrogen-bond acceptors (Lipinski definition) is 2. The van der Waals surface area contributed by atoms with Crippen molar-refractivity contribution in [3.8, 4) is 0 Å². The highest BCUT2D eigenvalue weighted by atomic mass is 14.6. The molecule has 10 heavy (non-hydrogen) atoms. The van der Waals surface area contributed by atoms with Crippen LogP contribution in [0, 0.1) is 5.41 Å². The molecule has 0 bridgehead atoms. The van der Waals surface area contributed by atoms with Crippen molar-refractivity contribution in [1.29, 1.82) is 5.41 Å². The largest absolute Gasteiger partial charge is 0.306 e. The highest BCUT2D eigenvalue weighted by Gasteiger charge is 1.69. The molecule has 0 aromatic heterocycles. The molecule has 2 nitrogen and oxygen atoms in total. The van der Waals surface area contributed by atoms with Gasteiger partial charge >= 0.3 is 0 Å². The number of rotatable bonds is 2. The zero-order valence-corrected chi connectivity index (χ0v) is 7.18. The average Bonchev–Trinajstić information content (AvgIpc) is 1.92. The maximum absolute atomic E-state index is 6.91. The molecule has 2 heteroatoms. The van der Waals surface area contributed by atoms with Crippen LogP contribution < -0.4 is 0 Å². The van der Waals surface area contributed by atoms with E-state index in [-0.39, 0.29) is 0 Å². The lowest BCUT2D eigenvalue weighted by atomic mass is 10.4. The van der Waals surface area contributed by atoms with Gasteiger partial charge in [0.15, 0.2) is 0 Å². The van der Waals surface area contributed by atoms with Crippen molar-refractivity contribution in [2.24, 2.45) is 4.99 Å². The molecule has 0 aliphatic carbocycles. The Labute approximate surface area is 63.2 Å². The maximum atomic E-state index is 6.91. The van der Waals surface area contributed by atoms with Gasteiger partial charge in [0.25, 0.3) is 0 Å². The minimum atomic E-state index is 0.524. The lowest BCUT2D eigenvalue weighted by Gasteiger charge is -1.76. The zero-order valence-electron chi connectivity index (χ0n) is 7.18. The second kappa shape index (κ2) is 11.0. The number of nitrogens with zero attached hydrogens (tertiary/aromatic N) is 1. The van der Waals surface area contributed by atoms with E-state index in [9.17, 15) is 0 Å². The summed E-state index contributed by atoms with van der Waals surface area (Å²) in [4.78, 5) is 3.77. The Morgan fingerprint density at radius 1 is 1.40 bits per heavy atom. The third-order valence-corrected chi connectivity index (χ3v) is 0.560. The van der Waals surface area contributed by atoms with Crippen LogP contribution in [0.3, 0.4) is 0 Å². The van der Waals surface area contributed by atoms with Gasteiger partial charge in [0.05, 0.1) is 0 Å². The summed E-state index contributed by atoms with van der Waals surface area (Å²) < 4.78 is 0. The van der Waals surface area contributed by atoms with E-state index in [1.54, 1.807) is 25.4 Å². The number of aliphatic imine (C=N–C) groups is 1. The van der Waals surface area contributed by atoms with Crippen molar-refractivity contribution < 1.29 is 0 Å². The van der Waals surface area contributed by atoms with E-state index in [1.165, 1.54) is 0 Å². The quantitative estimate of drug-likeness (QED) is 0.572. The average molecular weight is 140 g/mol. The standard InChI is InChI=1S/C6H10N2.C2H6/c1-3-8-5-4-6(2)7;1-2/h3-5,7H,1-2H3;1-2H3/b5-4-,7-6?,8-3?;. The van der Waals surface area contributed by atoms with Crippen LogP contribution in [0.1, 0.15) is 27.7 Å². The maximum Gasteiger partial charge on any atom is 0.0298 e. The Balaban J connectivity index is 0. The molecule has 0 radical (unpaired) electrons. The summed E-state index contributed by atoms with van der Waals surface area (Å²) in [7, 11) is 0. The van der Waals surface area contributed by atoms with Gasteiger partial charge in [0.2, 0.25) is 0 Å². The predicted octanol–water partition coefficient (Wildman–Crippen LogP) is 2.66. The third-order valence-electron chi connectivity index (χ3n) is 0.560. The van der Waals surface area contributed by atoms with Gasteiger partial charge in [-0.2, -0.15) is 0 Å². The molecule has 0 saturated carbocycles. The molecule has 0 aliphatic rings. The number of allylic oxidation sites excluding steroid dienone is 1. The first kappa shape index (κ1) is 11.8. The fourth-order valence-corrected chi connectivity index (χ4v) is 0.241. The van der Waals surface area contributed by atoms with Gasteiger partial charge in [-0.05, 0) is 19.9 Å². The van der Waals surface area contributed by atoms with E-state index < -0.39 is 0 Å².